The second kappa shape index (κ2) is 8.49. The highest BCUT2D eigenvalue weighted by Crippen LogP contribution is 2.17. The van der Waals surface area contributed by atoms with E-state index in [-0.39, 0.29) is 17.5 Å². The van der Waals surface area contributed by atoms with E-state index in [1.165, 1.54) is 16.8 Å². The van der Waals surface area contributed by atoms with Crippen LogP contribution in [0.2, 0.25) is 5.02 Å². The molecule has 0 saturated carbocycles. The summed E-state index contributed by atoms with van der Waals surface area (Å²) in [5.74, 6) is -1.15. The highest BCUT2D eigenvalue weighted by atomic mass is 35.5. The third-order valence-electron chi connectivity index (χ3n) is 4.79. The second-order valence-electron chi connectivity index (χ2n) is 6.61. The Hall–Kier alpha value is -3.12. The molecule has 0 amide bonds. The normalized spacial score (nSPS) is 11.9. The number of Topliss-reactive ketones (excluding diaryl/α,β-unsaturated/α-hetero) is 1. The Kier molecular flexibility index (Phi) is 6.03. The Balaban J connectivity index is 1.93. The lowest BCUT2D eigenvalue weighted by Crippen LogP contribution is -2.31. The van der Waals surface area contributed by atoms with Gasteiger partial charge in [-0.05, 0) is 49.7 Å². The fraction of sp³-hybridized carbons (Fsp3) is 0.227. The first kappa shape index (κ1) is 20.6. The second-order valence-corrected chi connectivity index (χ2v) is 7.05. The third kappa shape index (κ3) is 4.03. The Morgan fingerprint density at radius 3 is 2.28 bits per heavy atom. The lowest BCUT2D eigenvalue weighted by Gasteiger charge is -2.14. The first-order valence-corrected chi connectivity index (χ1v) is 9.57. The predicted octanol–water partition coefficient (Wildman–Crippen LogP) is 3.96. The molecule has 0 radical (unpaired) electrons. The van der Waals surface area contributed by atoms with Crippen LogP contribution in [0.3, 0.4) is 0 Å². The van der Waals surface area contributed by atoms with Crippen molar-refractivity contribution in [3.8, 4) is 5.69 Å². The van der Waals surface area contributed by atoms with E-state index in [1.54, 1.807) is 49.8 Å². The molecule has 0 saturated heterocycles. The average molecular weight is 413 g/mol. The Morgan fingerprint density at radius 2 is 1.69 bits per heavy atom. The molecule has 29 heavy (non-hydrogen) atoms. The molecule has 0 spiro atoms. The first-order valence-electron chi connectivity index (χ1n) is 9.20. The van der Waals surface area contributed by atoms with Crippen LogP contribution in [0, 0.1) is 6.92 Å². The lowest BCUT2D eigenvalue weighted by atomic mass is 10.0. The summed E-state index contributed by atoms with van der Waals surface area (Å²) >= 11 is 5.84. The van der Waals surface area contributed by atoms with E-state index in [0.29, 0.717) is 16.4 Å². The van der Waals surface area contributed by atoms with E-state index in [0.717, 1.165) is 0 Å². The zero-order valence-corrected chi connectivity index (χ0v) is 17.1. The standard InChI is InChI=1S/C22H21ClN2O4/c1-4-18(29-22(28)15-10-12-16(23)13-11-15)20(26)19-14(2)24(3)25(21(19)27)17-8-6-5-7-9-17/h5-13,18H,4H2,1-3H3. The first-order chi connectivity index (χ1) is 13.8. The van der Waals surface area contributed by atoms with Gasteiger partial charge in [-0.2, -0.15) is 0 Å². The van der Waals surface area contributed by atoms with Crippen LogP contribution < -0.4 is 5.56 Å². The van der Waals surface area contributed by atoms with Crippen molar-refractivity contribution >= 4 is 23.4 Å². The van der Waals surface area contributed by atoms with Gasteiger partial charge in [0.25, 0.3) is 5.56 Å². The minimum Gasteiger partial charge on any atom is -0.450 e. The van der Waals surface area contributed by atoms with Gasteiger partial charge in [0.15, 0.2) is 6.10 Å². The van der Waals surface area contributed by atoms with Gasteiger partial charge in [-0.25, -0.2) is 9.48 Å². The molecule has 0 bridgehead atoms. The van der Waals surface area contributed by atoms with Crippen molar-refractivity contribution in [1.29, 1.82) is 0 Å². The van der Waals surface area contributed by atoms with Crippen LogP contribution in [-0.4, -0.2) is 27.2 Å². The van der Waals surface area contributed by atoms with Crippen LogP contribution in [0.15, 0.2) is 59.4 Å². The van der Waals surface area contributed by atoms with E-state index >= 15 is 0 Å². The molecule has 0 aliphatic carbocycles. The Morgan fingerprint density at radius 1 is 1.07 bits per heavy atom. The van der Waals surface area contributed by atoms with Gasteiger partial charge in [-0.15, -0.1) is 0 Å². The van der Waals surface area contributed by atoms with Crippen molar-refractivity contribution in [3.63, 3.8) is 0 Å². The lowest BCUT2D eigenvalue weighted by molar-refractivity contribution is 0.0276. The molecule has 150 valence electrons. The minimum atomic E-state index is -1.06. The molecule has 0 aliphatic rings. The number of rotatable bonds is 6. The van der Waals surface area contributed by atoms with Crippen molar-refractivity contribution in [2.75, 3.05) is 0 Å². The number of para-hydroxylation sites is 1. The number of carbonyl (C=O) groups is 2. The number of carbonyl (C=O) groups excluding carboxylic acids is 2. The van der Waals surface area contributed by atoms with Gasteiger partial charge in [0.05, 0.1) is 11.3 Å². The quantitative estimate of drug-likeness (QED) is 0.454. The number of halogens is 1. The fourth-order valence-corrected chi connectivity index (χ4v) is 3.24. The third-order valence-corrected chi connectivity index (χ3v) is 5.05. The van der Waals surface area contributed by atoms with Gasteiger partial charge >= 0.3 is 5.97 Å². The highest BCUT2D eigenvalue weighted by Gasteiger charge is 2.30. The molecule has 2 aromatic carbocycles. The smallest absolute Gasteiger partial charge is 0.338 e. The molecule has 1 heterocycles. The van der Waals surface area contributed by atoms with Crippen LogP contribution in [0.1, 0.15) is 39.8 Å². The number of hydrogen-bond donors (Lipinski definition) is 0. The molecular weight excluding hydrogens is 392 g/mol. The van der Waals surface area contributed by atoms with Crippen LogP contribution in [-0.2, 0) is 11.8 Å². The zero-order chi connectivity index (χ0) is 21.1. The molecule has 0 aliphatic heterocycles. The van der Waals surface area contributed by atoms with Gasteiger partial charge in [0.2, 0.25) is 5.78 Å². The van der Waals surface area contributed by atoms with E-state index < -0.39 is 23.4 Å². The summed E-state index contributed by atoms with van der Waals surface area (Å²) in [6.07, 6.45) is -0.812. The van der Waals surface area contributed by atoms with E-state index in [1.807, 2.05) is 18.2 Å². The summed E-state index contributed by atoms with van der Waals surface area (Å²) in [4.78, 5) is 38.6. The van der Waals surface area contributed by atoms with Crippen molar-refractivity contribution in [2.45, 2.75) is 26.4 Å². The summed E-state index contributed by atoms with van der Waals surface area (Å²) < 4.78 is 8.47. The maximum Gasteiger partial charge on any atom is 0.338 e. The van der Waals surface area contributed by atoms with E-state index in [9.17, 15) is 14.4 Å². The summed E-state index contributed by atoms with van der Waals surface area (Å²) in [6.45, 7) is 3.42. The molecule has 1 unspecified atom stereocenters. The van der Waals surface area contributed by atoms with Gasteiger partial charge < -0.3 is 4.74 Å². The van der Waals surface area contributed by atoms with Crippen molar-refractivity contribution in [1.82, 2.24) is 9.36 Å². The van der Waals surface area contributed by atoms with Crippen LogP contribution in [0.5, 0.6) is 0 Å². The van der Waals surface area contributed by atoms with E-state index in [2.05, 4.69) is 0 Å². The zero-order valence-electron chi connectivity index (χ0n) is 16.4. The summed E-state index contributed by atoms with van der Waals surface area (Å²) in [5.41, 5.74) is 1.01. The average Bonchev–Trinajstić information content (AvgIpc) is 2.95. The van der Waals surface area contributed by atoms with Crippen molar-refractivity contribution in [3.05, 3.63) is 86.8 Å². The number of ether oxygens (including phenoxy) is 1. The Labute approximate surface area is 173 Å². The highest BCUT2D eigenvalue weighted by molar-refractivity contribution is 6.30. The number of aromatic nitrogens is 2. The number of benzene rings is 2. The van der Waals surface area contributed by atoms with Gasteiger partial charge in [0, 0.05) is 17.8 Å². The molecule has 1 aromatic heterocycles. The molecule has 3 rings (SSSR count). The fourth-order valence-electron chi connectivity index (χ4n) is 3.12. The van der Waals surface area contributed by atoms with Crippen molar-refractivity contribution in [2.24, 2.45) is 7.05 Å². The monoisotopic (exact) mass is 412 g/mol. The maximum atomic E-state index is 13.1. The Bertz CT molecular complexity index is 1100. The maximum absolute atomic E-state index is 13.1. The SMILES string of the molecule is CCC(OC(=O)c1ccc(Cl)cc1)C(=O)c1c(C)n(C)n(-c2ccccc2)c1=O. The topological polar surface area (TPSA) is 70.3 Å². The van der Waals surface area contributed by atoms with E-state index in [4.69, 9.17) is 16.3 Å². The predicted molar refractivity (Wildman–Crippen MR) is 111 cm³/mol. The van der Waals surface area contributed by atoms with Gasteiger partial charge in [-0.1, -0.05) is 36.7 Å². The molecule has 1 atom stereocenters. The molecule has 7 heteroatoms. The summed E-state index contributed by atoms with van der Waals surface area (Å²) in [6, 6.07) is 15.2. The van der Waals surface area contributed by atoms with Gasteiger partial charge in [0.1, 0.15) is 5.56 Å². The van der Waals surface area contributed by atoms with Crippen LogP contribution >= 0.6 is 11.6 Å². The number of ketones is 1. The van der Waals surface area contributed by atoms with Gasteiger partial charge in [-0.3, -0.25) is 14.3 Å². The minimum absolute atomic E-state index is 0.0205. The number of nitrogens with zero attached hydrogens (tertiary/aromatic N) is 2. The van der Waals surface area contributed by atoms with Crippen molar-refractivity contribution < 1.29 is 14.3 Å². The van der Waals surface area contributed by atoms with Crippen LogP contribution in [0.4, 0.5) is 0 Å². The molecule has 3 aromatic rings. The largest absolute Gasteiger partial charge is 0.450 e. The molecular formula is C22H21ClN2O4. The molecule has 0 N–H and O–H groups in total. The number of esters is 1. The molecule has 6 nitrogen and oxygen atoms in total. The molecule has 0 fully saturated rings. The van der Waals surface area contributed by atoms with Crippen LogP contribution in [0.25, 0.3) is 5.69 Å². The summed E-state index contributed by atoms with van der Waals surface area (Å²) in [7, 11) is 1.71. The number of hydrogen-bond acceptors (Lipinski definition) is 4. The summed E-state index contributed by atoms with van der Waals surface area (Å²) in [5, 5.41) is 0.492.